The molecule has 5 nitrogen and oxygen atoms in total. The summed E-state index contributed by atoms with van der Waals surface area (Å²) >= 11 is 1.50. The first kappa shape index (κ1) is 19.4. The molecule has 0 aliphatic carbocycles. The number of thiophene rings is 1. The van der Waals surface area contributed by atoms with Crippen LogP contribution in [-0.4, -0.2) is 36.4 Å². The van der Waals surface area contributed by atoms with E-state index < -0.39 is 0 Å². The maximum absolute atomic E-state index is 12.7. The van der Waals surface area contributed by atoms with Gasteiger partial charge in [-0.15, -0.1) is 0 Å². The Morgan fingerprint density at radius 3 is 2.78 bits per heavy atom. The average molecular weight is 387 g/mol. The molecular formula is C21H26N2O3S. The lowest BCUT2D eigenvalue weighted by Crippen LogP contribution is -2.31. The Balaban J connectivity index is 1.47. The van der Waals surface area contributed by atoms with Gasteiger partial charge in [-0.05, 0) is 55.3 Å². The van der Waals surface area contributed by atoms with E-state index in [2.05, 4.69) is 17.4 Å². The molecule has 1 aliphatic rings. The van der Waals surface area contributed by atoms with E-state index in [1.807, 2.05) is 34.7 Å². The number of carbonyl (C=O) groups excluding carboxylic acids is 2. The highest BCUT2D eigenvalue weighted by Gasteiger charge is 2.29. The molecule has 1 atom stereocenters. The highest BCUT2D eigenvalue weighted by atomic mass is 32.1. The molecule has 1 N–H and O–H groups in total. The zero-order chi connectivity index (χ0) is 19.1. The summed E-state index contributed by atoms with van der Waals surface area (Å²) in [5.74, 6) is 0.951. The minimum Gasteiger partial charge on any atom is -0.494 e. The number of carbonyl (C=O) groups is 2. The maximum atomic E-state index is 12.7. The van der Waals surface area contributed by atoms with Crippen LogP contribution in [0.1, 0.15) is 54.6 Å². The summed E-state index contributed by atoms with van der Waals surface area (Å²) in [7, 11) is 0. The lowest BCUT2D eigenvalue weighted by atomic mass is 10.0. The van der Waals surface area contributed by atoms with Crippen LogP contribution in [0.3, 0.4) is 0 Å². The largest absolute Gasteiger partial charge is 0.494 e. The van der Waals surface area contributed by atoms with Gasteiger partial charge in [0.05, 0.1) is 12.6 Å². The van der Waals surface area contributed by atoms with Crippen molar-refractivity contribution in [2.45, 2.75) is 38.6 Å². The predicted molar refractivity (Wildman–Crippen MR) is 107 cm³/mol. The number of nitrogens with zero attached hydrogens (tertiary/aromatic N) is 1. The molecule has 2 aromatic rings. The second-order valence-electron chi connectivity index (χ2n) is 6.62. The Bertz CT molecular complexity index is 743. The van der Waals surface area contributed by atoms with Crippen LogP contribution in [0.5, 0.6) is 5.75 Å². The second-order valence-corrected chi connectivity index (χ2v) is 7.40. The van der Waals surface area contributed by atoms with Crippen molar-refractivity contribution < 1.29 is 14.3 Å². The van der Waals surface area contributed by atoms with E-state index in [-0.39, 0.29) is 17.9 Å². The standard InChI is InChI=1S/C21H26N2O3S/c1-2-26-18-9-7-16(8-10-18)19-5-4-13-23(19)20(24)6-3-12-22-21(25)17-11-14-27-15-17/h7-11,14-15,19H,2-6,12-13H2,1H3,(H,22,25). The Kier molecular flexibility index (Phi) is 6.87. The fraction of sp³-hybridized carbons (Fsp3) is 0.429. The first-order chi connectivity index (χ1) is 13.2. The van der Waals surface area contributed by atoms with Crippen molar-refractivity contribution in [3.05, 3.63) is 52.2 Å². The molecule has 27 heavy (non-hydrogen) atoms. The summed E-state index contributed by atoms with van der Waals surface area (Å²) < 4.78 is 5.49. The number of ether oxygens (including phenoxy) is 1. The van der Waals surface area contributed by atoms with Crippen molar-refractivity contribution in [1.29, 1.82) is 0 Å². The van der Waals surface area contributed by atoms with E-state index >= 15 is 0 Å². The van der Waals surface area contributed by atoms with E-state index in [0.717, 1.165) is 30.7 Å². The number of rotatable bonds is 8. The molecule has 1 aromatic carbocycles. The third-order valence-electron chi connectivity index (χ3n) is 4.79. The molecule has 0 bridgehead atoms. The van der Waals surface area contributed by atoms with Crippen LogP contribution in [0.25, 0.3) is 0 Å². The van der Waals surface area contributed by atoms with Crippen LogP contribution < -0.4 is 10.1 Å². The van der Waals surface area contributed by atoms with E-state index in [1.54, 1.807) is 6.07 Å². The van der Waals surface area contributed by atoms with Crippen LogP contribution in [-0.2, 0) is 4.79 Å². The molecule has 2 amide bonds. The zero-order valence-corrected chi connectivity index (χ0v) is 16.5. The van der Waals surface area contributed by atoms with Crippen molar-refractivity contribution in [2.75, 3.05) is 19.7 Å². The van der Waals surface area contributed by atoms with Crippen LogP contribution in [0, 0.1) is 0 Å². The number of likely N-dealkylation sites (tertiary alicyclic amines) is 1. The molecule has 0 spiro atoms. The van der Waals surface area contributed by atoms with Gasteiger partial charge >= 0.3 is 0 Å². The third kappa shape index (κ3) is 5.10. The topological polar surface area (TPSA) is 58.6 Å². The fourth-order valence-corrected chi connectivity index (χ4v) is 4.08. The van der Waals surface area contributed by atoms with Gasteiger partial charge < -0.3 is 15.0 Å². The van der Waals surface area contributed by atoms with Gasteiger partial charge in [0.25, 0.3) is 5.91 Å². The monoisotopic (exact) mass is 386 g/mol. The van der Waals surface area contributed by atoms with E-state index in [9.17, 15) is 9.59 Å². The SMILES string of the molecule is CCOc1ccc(C2CCCN2C(=O)CCCNC(=O)c2ccsc2)cc1. The molecule has 6 heteroatoms. The van der Waals surface area contributed by atoms with Crippen LogP contribution in [0.4, 0.5) is 0 Å². The number of hydrogen-bond donors (Lipinski definition) is 1. The quantitative estimate of drug-likeness (QED) is 0.697. The van der Waals surface area contributed by atoms with Crippen molar-refractivity contribution in [3.63, 3.8) is 0 Å². The van der Waals surface area contributed by atoms with E-state index in [0.29, 0.717) is 31.6 Å². The van der Waals surface area contributed by atoms with Gasteiger partial charge in [0.1, 0.15) is 5.75 Å². The third-order valence-corrected chi connectivity index (χ3v) is 5.47. The number of amides is 2. The highest BCUT2D eigenvalue weighted by molar-refractivity contribution is 7.08. The van der Waals surface area contributed by atoms with Gasteiger partial charge in [0.2, 0.25) is 5.91 Å². The molecule has 3 rings (SSSR count). The van der Waals surface area contributed by atoms with E-state index in [4.69, 9.17) is 4.74 Å². The molecule has 1 unspecified atom stereocenters. The van der Waals surface area contributed by atoms with Gasteiger partial charge in [0, 0.05) is 30.5 Å². The summed E-state index contributed by atoms with van der Waals surface area (Å²) in [5, 5.41) is 6.58. The van der Waals surface area contributed by atoms with Gasteiger partial charge in [-0.1, -0.05) is 12.1 Å². The normalized spacial score (nSPS) is 16.3. The molecule has 1 fully saturated rings. The second kappa shape index (κ2) is 9.55. The Labute approximate surface area is 164 Å². The Hall–Kier alpha value is -2.34. The minimum atomic E-state index is -0.0721. The molecule has 1 aliphatic heterocycles. The van der Waals surface area contributed by atoms with Crippen LogP contribution in [0.2, 0.25) is 0 Å². The van der Waals surface area contributed by atoms with Gasteiger partial charge in [-0.2, -0.15) is 11.3 Å². The van der Waals surface area contributed by atoms with Crippen LogP contribution in [0.15, 0.2) is 41.1 Å². The van der Waals surface area contributed by atoms with Crippen molar-refractivity contribution in [1.82, 2.24) is 10.2 Å². The smallest absolute Gasteiger partial charge is 0.252 e. The van der Waals surface area contributed by atoms with E-state index in [1.165, 1.54) is 11.3 Å². The molecule has 1 saturated heterocycles. The highest BCUT2D eigenvalue weighted by Crippen LogP contribution is 2.33. The first-order valence-corrected chi connectivity index (χ1v) is 10.5. The summed E-state index contributed by atoms with van der Waals surface area (Å²) in [5.41, 5.74) is 1.84. The summed E-state index contributed by atoms with van der Waals surface area (Å²) in [6, 6.07) is 10.0. The molecule has 1 aromatic heterocycles. The lowest BCUT2D eigenvalue weighted by molar-refractivity contribution is -0.132. The molecule has 0 saturated carbocycles. The summed E-state index contributed by atoms with van der Waals surface area (Å²) in [6.07, 6.45) is 3.13. The van der Waals surface area contributed by atoms with Crippen LogP contribution >= 0.6 is 11.3 Å². The Morgan fingerprint density at radius 2 is 2.07 bits per heavy atom. The lowest BCUT2D eigenvalue weighted by Gasteiger charge is -2.25. The molecular weight excluding hydrogens is 360 g/mol. The van der Waals surface area contributed by atoms with Gasteiger partial charge in [0.15, 0.2) is 0 Å². The van der Waals surface area contributed by atoms with Crippen molar-refractivity contribution in [3.8, 4) is 5.75 Å². The first-order valence-electron chi connectivity index (χ1n) is 9.51. The Morgan fingerprint density at radius 1 is 1.26 bits per heavy atom. The maximum Gasteiger partial charge on any atom is 0.252 e. The van der Waals surface area contributed by atoms with Gasteiger partial charge in [-0.25, -0.2) is 0 Å². The zero-order valence-electron chi connectivity index (χ0n) is 15.6. The average Bonchev–Trinajstić information content (AvgIpc) is 3.37. The fourth-order valence-electron chi connectivity index (χ4n) is 3.45. The minimum absolute atomic E-state index is 0.0721. The number of benzene rings is 1. The summed E-state index contributed by atoms with van der Waals surface area (Å²) in [4.78, 5) is 26.6. The molecule has 2 heterocycles. The van der Waals surface area contributed by atoms with Crippen molar-refractivity contribution in [2.24, 2.45) is 0 Å². The van der Waals surface area contributed by atoms with Gasteiger partial charge in [-0.3, -0.25) is 9.59 Å². The number of hydrogen-bond acceptors (Lipinski definition) is 4. The predicted octanol–water partition coefficient (Wildman–Crippen LogP) is 4.02. The number of nitrogens with one attached hydrogen (secondary N) is 1. The summed E-state index contributed by atoms with van der Waals surface area (Å²) in [6.45, 7) is 3.93. The molecule has 144 valence electrons. The van der Waals surface area contributed by atoms with Crippen molar-refractivity contribution >= 4 is 23.2 Å². The molecule has 0 radical (unpaired) electrons.